The van der Waals surface area contributed by atoms with Crippen molar-refractivity contribution in [3.05, 3.63) is 35.9 Å². The van der Waals surface area contributed by atoms with Crippen LogP contribution in [-0.2, 0) is 11.3 Å². The van der Waals surface area contributed by atoms with E-state index in [9.17, 15) is 0 Å². The standard InChI is InChI=1S/C20H36N4O.HI/c1-17(2)25-15-9-13-22-20(21-4)23-14-12-18(3)24(5)16-19-10-7-6-8-11-19;/h6-8,10-11,17-18H,9,12-16H2,1-5H3,(H2,21,22,23);1H. The SMILES string of the molecule is CN=C(NCCCOC(C)C)NCCC(C)N(C)Cc1ccccc1.I. The molecule has 0 aromatic heterocycles. The molecule has 0 aliphatic heterocycles. The number of guanidine groups is 1. The summed E-state index contributed by atoms with van der Waals surface area (Å²) < 4.78 is 5.54. The molecule has 0 aliphatic carbocycles. The highest BCUT2D eigenvalue weighted by atomic mass is 127. The third-order valence-electron chi connectivity index (χ3n) is 4.17. The van der Waals surface area contributed by atoms with Crippen LogP contribution in [0.3, 0.4) is 0 Å². The van der Waals surface area contributed by atoms with Gasteiger partial charge in [-0.1, -0.05) is 30.3 Å². The Hall–Kier alpha value is -0.860. The molecule has 1 unspecified atom stereocenters. The van der Waals surface area contributed by atoms with Gasteiger partial charge in [0.2, 0.25) is 0 Å². The summed E-state index contributed by atoms with van der Waals surface area (Å²) in [5, 5.41) is 6.72. The van der Waals surface area contributed by atoms with Crippen molar-refractivity contribution in [2.75, 3.05) is 33.8 Å². The number of halogens is 1. The second kappa shape index (κ2) is 15.2. The van der Waals surface area contributed by atoms with Crippen LogP contribution in [0.5, 0.6) is 0 Å². The Kier molecular flexibility index (Phi) is 14.7. The fraction of sp³-hybridized carbons (Fsp3) is 0.650. The first-order chi connectivity index (χ1) is 12.0. The summed E-state index contributed by atoms with van der Waals surface area (Å²) in [5.74, 6) is 0.863. The van der Waals surface area contributed by atoms with Crippen molar-refractivity contribution in [2.24, 2.45) is 4.99 Å². The largest absolute Gasteiger partial charge is 0.379 e. The van der Waals surface area contributed by atoms with Gasteiger partial charge in [-0.05, 0) is 46.2 Å². The van der Waals surface area contributed by atoms with Gasteiger partial charge < -0.3 is 15.4 Å². The molecule has 0 amide bonds. The molecular weight excluding hydrogens is 439 g/mol. The summed E-state index contributed by atoms with van der Waals surface area (Å²) in [7, 11) is 3.99. The molecule has 0 aliphatic rings. The first-order valence-electron chi connectivity index (χ1n) is 9.33. The Labute approximate surface area is 177 Å². The molecule has 0 saturated carbocycles. The molecule has 1 atom stereocenters. The topological polar surface area (TPSA) is 48.9 Å². The van der Waals surface area contributed by atoms with Crippen molar-refractivity contribution in [1.29, 1.82) is 0 Å². The van der Waals surface area contributed by atoms with Crippen molar-refractivity contribution < 1.29 is 4.74 Å². The van der Waals surface area contributed by atoms with Gasteiger partial charge in [-0.2, -0.15) is 0 Å². The number of aliphatic imine (C=N–C) groups is 1. The lowest BCUT2D eigenvalue weighted by Gasteiger charge is -2.25. The van der Waals surface area contributed by atoms with Crippen LogP contribution in [0.15, 0.2) is 35.3 Å². The van der Waals surface area contributed by atoms with Gasteiger partial charge in [0.05, 0.1) is 6.10 Å². The van der Waals surface area contributed by atoms with Gasteiger partial charge in [0.25, 0.3) is 0 Å². The summed E-state index contributed by atoms with van der Waals surface area (Å²) in [6.07, 6.45) is 2.35. The summed E-state index contributed by atoms with van der Waals surface area (Å²) >= 11 is 0. The van der Waals surface area contributed by atoms with E-state index in [1.54, 1.807) is 0 Å². The molecular formula is C20H37IN4O. The van der Waals surface area contributed by atoms with Crippen LogP contribution in [-0.4, -0.2) is 56.8 Å². The Morgan fingerprint density at radius 2 is 1.77 bits per heavy atom. The number of nitrogens with one attached hydrogen (secondary N) is 2. The first kappa shape index (κ1) is 25.1. The van der Waals surface area contributed by atoms with Gasteiger partial charge in [-0.15, -0.1) is 24.0 Å². The van der Waals surface area contributed by atoms with Crippen LogP contribution < -0.4 is 10.6 Å². The van der Waals surface area contributed by atoms with Crippen LogP contribution >= 0.6 is 24.0 Å². The zero-order chi connectivity index (χ0) is 18.5. The zero-order valence-electron chi connectivity index (χ0n) is 17.0. The summed E-state index contributed by atoms with van der Waals surface area (Å²) in [6.45, 7) is 9.92. The molecule has 150 valence electrons. The Bertz CT molecular complexity index is 482. The molecule has 2 N–H and O–H groups in total. The van der Waals surface area contributed by atoms with Crippen LogP contribution in [0, 0.1) is 0 Å². The van der Waals surface area contributed by atoms with Crippen molar-refractivity contribution in [3.63, 3.8) is 0 Å². The molecule has 0 fully saturated rings. The van der Waals surface area contributed by atoms with Crippen LogP contribution in [0.2, 0.25) is 0 Å². The smallest absolute Gasteiger partial charge is 0.190 e. The zero-order valence-corrected chi connectivity index (χ0v) is 19.3. The lowest BCUT2D eigenvalue weighted by atomic mass is 10.1. The lowest BCUT2D eigenvalue weighted by Crippen LogP contribution is -2.40. The fourth-order valence-electron chi connectivity index (χ4n) is 2.47. The number of nitrogens with zero attached hydrogens (tertiary/aromatic N) is 2. The molecule has 0 spiro atoms. The number of hydrogen-bond donors (Lipinski definition) is 2. The van der Waals surface area contributed by atoms with E-state index < -0.39 is 0 Å². The van der Waals surface area contributed by atoms with Crippen molar-refractivity contribution >= 4 is 29.9 Å². The minimum Gasteiger partial charge on any atom is -0.379 e. The second-order valence-electron chi connectivity index (χ2n) is 6.74. The van der Waals surface area contributed by atoms with E-state index >= 15 is 0 Å². The van der Waals surface area contributed by atoms with Crippen molar-refractivity contribution in [1.82, 2.24) is 15.5 Å². The molecule has 1 aromatic rings. The van der Waals surface area contributed by atoms with Gasteiger partial charge in [-0.3, -0.25) is 9.89 Å². The monoisotopic (exact) mass is 476 g/mol. The van der Waals surface area contributed by atoms with Gasteiger partial charge in [0.15, 0.2) is 5.96 Å². The second-order valence-corrected chi connectivity index (χ2v) is 6.74. The van der Waals surface area contributed by atoms with Crippen LogP contribution in [0.25, 0.3) is 0 Å². The first-order valence-corrected chi connectivity index (χ1v) is 9.33. The third-order valence-corrected chi connectivity index (χ3v) is 4.17. The average molecular weight is 476 g/mol. The molecule has 0 heterocycles. The van der Waals surface area contributed by atoms with E-state index in [0.29, 0.717) is 12.1 Å². The molecule has 5 nitrogen and oxygen atoms in total. The molecule has 1 rings (SSSR count). The Morgan fingerprint density at radius 3 is 2.38 bits per heavy atom. The van der Waals surface area contributed by atoms with Gasteiger partial charge in [-0.25, -0.2) is 0 Å². The molecule has 0 saturated heterocycles. The predicted octanol–water partition coefficient (Wildman–Crippen LogP) is 3.50. The number of hydrogen-bond acceptors (Lipinski definition) is 3. The lowest BCUT2D eigenvalue weighted by molar-refractivity contribution is 0.0776. The molecule has 26 heavy (non-hydrogen) atoms. The van der Waals surface area contributed by atoms with Crippen LogP contribution in [0.1, 0.15) is 39.2 Å². The van der Waals surface area contributed by atoms with Crippen molar-refractivity contribution in [3.8, 4) is 0 Å². The molecule has 1 aromatic carbocycles. The summed E-state index contributed by atoms with van der Waals surface area (Å²) in [4.78, 5) is 6.66. The number of benzene rings is 1. The maximum Gasteiger partial charge on any atom is 0.190 e. The number of ether oxygens (including phenoxy) is 1. The quantitative estimate of drug-likeness (QED) is 0.222. The van der Waals surface area contributed by atoms with Gasteiger partial charge in [0, 0.05) is 39.3 Å². The van der Waals surface area contributed by atoms with E-state index in [1.165, 1.54) is 5.56 Å². The van der Waals surface area contributed by atoms with E-state index in [-0.39, 0.29) is 24.0 Å². The highest BCUT2D eigenvalue weighted by Gasteiger charge is 2.09. The van der Waals surface area contributed by atoms with E-state index in [0.717, 1.165) is 45.0 Å². The fourth-order valence-corrected chi connectivity index (χ4v) is 2.47. The highest BCUT2D eigenvalue weighted by Crippen LogP contribution is 2.07. The minimum absolute atomic E-state index is 0. The summed E-state index contributed by atoms with van der Waals surface area (Å²) in [6, 6.07) is 11.1. The highest BCUT2D eigenvalue weighted by molar-refractivity contribution is 14.0. The van der Waals surface area contributed by atoms with Gasteiger partial charge >= 0.3 is 0 Å². The Morgan fingerprint density at radius 1 is 1.12 bits per heavy atom. The van der Waals surface area contributed by atoms with Crippen LogP contribution in [0.4, 0.5) is 0 Å². The minimum atomic E-state index is 0. The van der Waals surface area contributed by atoms with E-state index in [1.807, 2.05) is 7.05 Å². The van der Waals surface area contributed by atoms with E-state index in [4.69, 9.17) is 4.74 Å². The van der Waals surface area contributed by atoms with Crippen molar-refractivity contribution in [2.45, 2.75) is 52.3 Å². The van der Waals surface area contributed by atoms with Gasteiger partial charge in [0.1, 0.15) is 0 Å². The normalized spacial score (nSPS) is 12.8. The molecule has 0 radical (unpaired) electrons. The summed E-state index contributed by atoms with van der Waals surface area (Å²) in [5.41, 5.74) is 1.35. The van der Waals surface area contributed by atoms with E-state index in [2.05, 4.69) is 78.7 Å². The maximum absolute atomic E-state index is 5.54. The maximum atomic E-state index is 5.54. The third kappa shape index (κ3) is 11.7. The predicted molar refractivity (Wildman–Crippen MR) is 122 cm³/mol. The molecule has 0 bridgehead atoms. The Balaban J connectivity index is 0.00000625. The average Bonchev–Trinajstić information content (AvgIpc) is 2.60. The number of rotatable bonds is 11. The molecule has 6 heteroatoms.